The fourth-order valence-electron chi connectivity index (χ4n) is 2.32. The molecule has 2 N–H and O–H groups in total. The molecule has 7 heteroatoms. The van der Waals surface area contributed by atoms with E-state index in [2.05, 4.69) is 10.6 Å². The number of carbonyl (C=O) groups excluding carboxylic acids is 1. The first-order valence-corrected chi connectivity index (χ1v) is 7.71. The zero-order chi connectivity index (χ0) is 16.7. The Morgan fingerprint density at radius 1 is 1.30 bits per heavy atom. The zero-order valence-electron chi connectivity index (χ0n) is 12.7. The van der Waals surface area contributed by atoms with Gasteiger partial charge < -0.3 is 15.4 Å². The lowest BCUT2D eigenvalue weighted by atomic mass is 10.2. The standard InChI is InChI=1S/C16H21F3N2O2/c17-8-1-2-13(18)15(19)23-12-5-3-11(4-6-12)10-21-14-7-9-20-16(14)22/h3-6,13-15,21H,1-2,7-10H2,(H,20,22). The Labute approximate surface area is 133 Å². The van der Waals surface area contributed by atoms with Crippen molar-refractivity contribution in [2.45, 2.75) is 44.4 Å². The second-order valence-electron chi connectivity index (χ2n) is 5.47. The topological polar surface area (TPSA) is 50.4 Å². The number of halogens is 3. The van der Waals surface area contributed by atoms with Crippen molar-refractivity contribution in [2.24, 2.45) is 0 Å². The average Bonchev–Trinajstić information content (AvgIpc) is 2.97. The van der Waals surface area contributed by atoms with Crippen molar-refractivity contribution in [2.75, 3.05) is 13.2 Å². The van der Waals surface area contributed by atoms with Crippen molar-refractivity contribution in [3.05, 3.63) is 29.8 Å². The Morgan fingerprint density at radius 3 is 2.65 bits per heavy atom. The lowest BCUT2D eigenvalue weighted by Gasteiger charge is -2.15. The highest BCUT2D eigenvalue weighted by Gasteiger charge is 2.23. The van der Waals surface area contributed by atoms with E-state index in [1.165, 1.54) is 0 Å². The van der Waals surface area contributed by atoms with E-state index in [-0.39, 0.29) is 30.5 Å². The van der Waals surface area contributed by atoms with Crippen molar-refractivity contribution in [3.8, 4) is 5.75 Å². The van der Waals surface area contributed by atoms with Gasteiger partial charge in [0.2, 0.25) is 5.91 Å². The summed E-state index contributed by atoms with van der Waals surface area (Å²) in [5, 5.41) is 5.87. The van der Waals surface area contributed by atoms with Crippen LogP contribution in [0.2, 0.25) is 0 Å². The number of carbonyl (C=O) groups is 1. The Kier molecular flexibility index (Phi) is 6.70. The number of alkyl halides is 3. The quantitative estimate of drug-likeness (QED) is 0.731. The number of benzene rings is 1. The number of amides is 1. The third-order valence-corrected chi connectivity index (χ3v) is 3.67. The van der Waals surface area contributed by atoms with Gasteiger partial charge in [-0.2, -0.15) is 4.39 Å². The van der Waals surface area contributed by atoms with Gasteiger partial charge in [-0.05, 0) is 37.0 Å². The van der Waals surface area contributed by atoms with Crippen molar-refractivity contribution < 1.29 is 22.7 Å². The fraction of sp³-hybridized carbons (Fsp3) is 0.562. The first kappa shape index (κ1) is 17.6. The molecule has 23 heavy (non-hydrogen) atoms. The molecule has 3 atom stereocenters. The van der Waals surface area contributed by atoms with E-state index in [0.717, 1.165) is 12.0 Å². The van der Waals surface area contributed by atoms with Crippen molar-refractivity contribution in [1.29, 1.82) is 0 Å². The van der Waals surface area contributed by atoms with E-state index >= 15 is 0 Å². The maximum atomic E-state index is 13.5. The van der Waals surface area contributed by atoms with Gasteiger partial charge in [-0.3, -0.25) is 9.18 Å². The molecule has 0 spiro atoms. The van der Waals surface area contributed by atoms with E-state index in [1.807, 2.05) is 0 Å². The van der Waals surface area contributed by atoms with E-state index in [4.69, 9.17) is 4.74 Å². The highest BCUT2D eigenvalue weighted by atomic mass is 19.2. The summed E-state index contributed by atoms with van der Waals surface area (Å²) < 4.78 is 43.7. The van der Waals surface area contributed by atoms with Crippen LogP contribution in [0.1, 0.15) is 24.8 Å². The fourth-order valence-corrected chi connectivity index (χ4v) is 2.32. The Bertz CT molecular complexity index is 499. The Morgan fingerprint density at radius 2 is 2.04 bits per heavy atom. The number of rotatable bonds is 9. The summed E-state index contributed by atoms with van der Waals surface area (Å²) in [6.45, 7) is 0.501. The summed E-state index contributed by atoms with van der Waals surface area (Å²) in [6, 6.07) is 6.33. The molecular weight excluding hydrogens is 309 g/mol. The number of hydrogen-bond donors (Lipinski definition) is 2. The maximum absolute atomic E-state index is 13.5. The minimum absolute atomic E-state index is 0.00695. The van der Waals surface area contributed by atoms with Gasteiger partial charge in [0.15, 0.2) is 6.17 Å². The normalized spacial score (nSPS) is 20.1. The van der Waals surface area contributed by atoms with Gasteiger partial charge in [0.05, 0.1) is 12.7 Å². The van der Waals surface area contributed by atoms with Gasteiger partial charge >= 0.3 is 0 Å². The van der Waals surface area contributed by atoms with Gasteiger partial charge in [0.25, 0.3) is 6.36 Å². The zero-order valence-corrected chi connectivity index (χ0v) is 12.7. The second-order valence-corrected chi connectivity index (χ2v) is 5.47. The van der Waals surface area contributed by atoms with Crippen molar-refractivity contribution in [1.82, 2.24) is 10.6 Å². The molecule has 4 nitrogen and oxygen atoms in total. The predicted molar refractivity (Wildman–Crippen MR) is 80.3 cm³/mol. The molecule has 1 heterocycles. The number of nitrogens with one attached hydrogen (secondary N) is 2. The molecule has 1 saturated heterocycles. The predicted octanol–water partition coefficient (Wildman–Crippen LogP) is 2.43. The van der Waals surface area contributed by atoms with Gasteiger partial charge in [0.1, 0.15) is 5.75 Å². The van der Waals surface area contributed by atoms with Crippen LogP contribution in [0, 0.1) is 0 Å². The van der Waals surface area contributed by atoms with Crippen LogP contribution in [0.25, 0.3) is 0 Å². The molecule has 1 amide bonds. The molecule has 0 aliphatic carbocycles. The first-order valence-electron chi connectivity index (χ1n) is 7.71. The summed E-state index contributed by atoms with van der Waals surface area (Å²) in [7, 11) is 0. The largest absolute Gasteiger partial charge is 0.457 e. The maximum Gasteiger partial charge on any atom is 0.269 e. The van der Waals surface area contributed by atoms with E-state index in [0.29, 0.717) is 13.1 Å². The lowest BCUT2D eigenvalue weighted by molar-refractivity contribution is -0.120. The molecule has 0 bridgehead atoms. The molecule has 0 saturated carbocycles. The van der Waals surface area contributed by atoms with E-state index < -0.39 is 19.2 Å². The van der Waals surface area contributed by atoms with Gasteiger partial charge in [-0.25, -0.2) is 4.39 Å². The van der Waals surface area contributed by atoms with Crippen LogP contribution in [0.3, 0.4) is 0 Å². The highest BCUT2D eigenvalue weighted by molar-refractivity contribution is 5.83. The smallest absolute Gasteiger partial charge is 0.269 e. The van der Waals surface area contributed by atoms with Crippen LogP contribution in [0.15, 0.2) is 24.3 Å². The third kappa shape index (κ3) is 5.42. The van der Waals surface area contributed by atoms with Crippen LogP contribution in [0.4, 0.5) is 13.2 Å². The molecule has 2 rings (SSSR count). The lowest BCUT2D eigenvalue weighted by Crippen LogP contribution is -2.35. The molecule has 1 aromatic rings. The molecule has 1 fully saturated rings. The molecular formula is C16H21F3N2O2. The van der Waals surface area contributed by atoms with Gasteiger partial charge in [0, 0.05) is 13.1 Å². The molecule has 3 unspecified atom stereocenters. The summed E-state index contributed by atoms with van der Waals surface area (Å²) in [6.07, 6.45) is -3.42. The van der Waals surface area contributed by atoms with Gasteiger partial charge in [-0.15, -0.1) is 0 Å². The van der Waals surface area contributed by atoms with Crippen LogP contribution in [-0.2, 0) is 11.3 Å². The SMILES string of the molecule is O=C1NCCC1NCc1ccc(OC(F)C(F)CCCF)cc1. The number of hydrogen-bond acceptors (Lipinski definition) is 3. The second kappa shape index (κ2) is 8.76. The molecule has 0 radical (unpaired) electrons. The van der Waals surface area contributed by atoms with Crippen molar-refractivity contribution in [3.63, 3.8) is 0 Å². The van der Waals surface area contributed by atoms with E-state index in [9.17, 15) is 18.0 Å². The summed E-state index contributed by atoms with van der Waals surface area (Å²) >= 11 is 0. The van der Waals surface area contributed by atoms with Crippen LogP contribution < -0.4 is 15.4 Å². The number of ether oxygens (including phenoxy) is 1. The molecule has 128 valence electrons. The van der Waals surface area contributed by atoms with Crippen LogP contribution in [-0.4, -0.2) is 37.7 Å². The van der Waals surface area contributed by atoms with Crippen molar-refractivity contribution >= 4 is 5.91 Å². The Balaban J connectivity index is 1.78. The van der Waals surface area contributed by atoms with Crippen LogP contribution >= 0.6 is 0 Å². The molecule has 1 aliphatic heterocycles. The van der Waals surface area contributed by atoms with E-state index in [1.54, 1.807) is 24.3 Å². The summed E-state index contributed by atoms with van der Waals surface area (Å²) in [5.41, 5.74) is 0.904. The minimum Gasteiger partial charge on any atom is -0.457 e. The Hall–Kier alpha value is -1.76. The highest BCUT2D eigenvalue weighted by Crippen LogP contribution is 2.19. The first-order chi connectivity index (χ1) is 11.1. The molecule has 0 aromatic heterocycles. The average molecular weight is 330 g/mol. The molecule has 1 aliphatic rings. The summed E-state index contributed by atoms with van der Waals surface area (Å²) in [4.78, 5) is 11.4. The van der Waals surface area contributed by atoms with Gasteiger partial charge in [-0.1, -0.05) is 12.1 Å². The molecule has 1 aromatic carbocycles. The minimum atomic E-state index is -2.10. The van der Waals surface area contributed by atoms with Crippen LogP contribution in [0.5, 0.6) is 5.75 Å². The summed E-state index contributed by atoms with van der Waals surface area (Å²) in [5.74, 6) is 0.204. The monoisotopic (exact) mass is 330 g/mol. The third-order valence-electron chi connectivity index (χ3n) is 3.67.